The molecule has 0 fully saturated rings. The Labute approximate surface area is 137 Å². The standard InChI is InChI=1S/C18H32O3Si/c1-4-7-11-16-21-22(19-14-5-2,20-15-6-3)17-18-12-9-8-10-13-18/h8-10,12-13H,4-7,11,14-17H2,1-3H3. The first-order valence-electron chi connectivity index (χ1n) is 8.72. The summed E-state index contributed by atoms with van der Waals surface area (Å²) < 4.78 is 18.6. The topological polar surface area (TPSA) is 27.7 Å². The van der Waals surface area contributed by atoms with Crippen LogP contribution in [0.3, 0.4) is 0 Å². The molecule has 0 N–H and O–H groups in total. The van der Waals surface area contributed by atoms with Crippen molar-refractivity contribution < 1.29 is 13.3 Å². The van der Waals surface area contributed by atoms with Crippen LogP contribution in [0.15, 0.2) is 30.3 Å². The summed E-state index contributed by atoms with van der Waals surface area (Å²) in [6, 6.07) is 11.2. The van der Waals surface area contributed by atoms with Gasteiger partial charge in [0.05, 0.1) is 0 Å². The predicted molar refractivity (Wildman–Crippen MR) is 93.9 cm³/mol. The Morgan fingerprint density at radius 3 is 1.86 bits per heavy atom. The van der Waals surface area contributed by atoms with Gasteiger partial charge in [-0.05, 0) is 24.8 Å². The van der Waals surface area contributed by atoms with Gasteiger partial charge in [0.15, 0.2) is 0 Å². The molecule has 0 aromatic heterocycles. The molecule has 0 aliphatic carbocycles. The van der Waals surface area contributed by atoms with Crippen LogP contribution in [0.4, 0.5) is 0 Å². The van der Waals surface area contributed by atoms with E-state index in [1.165, 1.54) is 18.4 Å². The monoisotopic (exact) mass is 324 g/mol. The number of hydrogen-bond acceptors (Lipinski definition) is 3. The molecule has 0 unspecified atom stereocenters. The Kier molecular flexibility index (Phi) is 10.4. The summed E-state index contributed by atoms with van der Waals surface area (Å²) in [4.78, 5) is 0. The highest BCUT2D eigenvalue weighted by atomic mass is 28.4. The van der Waals surface area contributed by atoms with Crippen LogP contribution in [0.5, 0.6) is 0 Å². The van der Waals surface area contributed by atoms with Gasteiger partial charge in [-0.15, -0.1) is 0 Å². The van der Waals surface area contributed by atoms with Crippen LogP contribution >= 0.6 is 0 Å². The molecule has 4 heteroatoms. The van der Waals surface area contributed by atoms with Crippen LogP contribution in [0.2, 0.25) is 0 Å². The average molecular weight is 325 g/mol. The van der Waals surface area contributed by atoms with Gasteiger partial charge >= 0.3 is 8.80 Å². The van der Waals surface area contributed by atoms with Crippen molar-refractivity contribution in [2.24, 2.45) is 0 Å². The normalized spacial score (nSPS) is 11.8. The number of unbranched alkanes of at least 4 members (excludes halogenated alkanes) is 2. The zero-order valence-corrected chi connectivity index (χ0v) is 15.5. The van der Waals surface area contributed by atoms with E-state index in [-0.39, 0.29) is 0 Å². The zero-order valence-electron chi connectivity index (χ0n) is 14.5. The van der Waals surface area contributed by atoms with Crippen molar-refractivity contribution in [2.45, 2.75) is 58.9 Å². The van der Waals surface area contributed by atoms with Crippen molar-refractivity contribution in [1.82, 2.24) is 0 Å². The first kappa shape index (κ1) is 19.4. The van der Waals surface area contributed by atoms with Crippen molar-refractivity contribution in [3.63, 3.8) is 0 Å². The molecule has 0 bridgehead atoms. The molecule has 22 heavy (non-hydrogen) atoms. The van der Waals surface area contributed by atoms with E-state index in [4.69, 9.17) is 13.3 Å². The van der Waals surface area contributed by atoms with E-state index >= 15 is 0 Å². The minimum Gasteiger partial charge on any atom is -0.373 e. The minimum absolute atomic E-state index is 0.705. The maximum Gasteiger partial charge on any atom is 0.505 e. The van der Waals surface area contributed by atoms with Gasteiger partial charge in [0.1, 0.15) is 0 Å². The molecule has 1 aromatic rings. The first-order valence-corrected chi connectivity index (χ1v) is 10.6. The molecule has 0 saturated heterocycles. The van der Waals surface area contributed by atoms with E-state index in [0.717, 1.165) is 31.9 Å². The second-order valence-corrected chi connectivity index (χ2v) is 8.18. The van der Waals surface area contributed by atoms with Crippen molar-refractivity contribution in [3.8, 4) is 0 Å². The lowest BCUT2D eigenvalue weighted by Crippen LogP contribution is -2.49. The molecule has 0 aliphatic rings. The maximum atomic E-state index is 6.23. The molecule has 0 radical (unpaired) electrons. The van der Waals surface area contributed by atoms with Crippen molar-refractivity contribution in [3.05, 3.63) is 35.9 Å². The average Bonchev–Trinajstić information content (AvgIpc) is 2.56. The van der Waals surface area contributed by atoms with Gasteiger partial charge in [0, 0.05) is 25.9 Å². The van der Waals surface area contributed by atoms with E-state index in [1.807, 2.05) is 6.07 Å². The second-order valence-electron chi connectivity index (χ2n) is 5.60. The van der Waals surface area contributed by atoms with Crippen molar-refractivity contribution >= 4 is 8.80 Å². The minimum atomic E-state index is -2.63. The fourth-order valence-electron chi connectivity index (χ4n) is 2.22. The Bertz CT molecular complexity index is 362. The van der Waals surface area contributed by atoms with Crippen LogP contribution in [-0.4, -0.2) is 28.6 Å². The number of benzene rings is 1. The zero-order chi connectivity index (χ0) is 16.1. The fraction of sp³-hybridized carbons (Fsp3) is 0.667. The molecule has 0 saturated carbocycles. The molecule has 126 valence electrons. The lowest BCUT2D eigenvalue weighted by atomic mass is 10.2. The summed E-state index contributed by atoms with van der Waals surface area (Å²) in [7, 11) is -2.63. The molecule has 0 amide bonds. The van der Waals surface area contributed by atoms with Crippen LogP contribution in [0, 0.1) is 0 Å². The molecular weight excluding hydrogens is 292 g/mol. The van der Waals surface area contributed by atoms with E-state index in [9.17, 15) is 0 Å². The highest BCUT2D eigenvalue weighted by Crippen LogP contribution is 2.19. The lowest BCUT2D eigenvalue weighted by Gasteiger charge is -2.30. The second kappa shape index (κ2) is 11.8. The smallest absolute Gasteiger partial charge is 0.373 e. The van der Waals surface area contributed by atoms with Crippen LogP contribution in [0.1, 0.15) is 58.4 Å². The fourth-order valence-corrected chi connectivity index (χ4v) is 5.00. The van der Waals surface area contributed by atoms with Gasteiger partial charge < -0.3 is 13.3 Å². The maximum absolute atomic E-state index is 6.23. The predicted octanol–water partition coefficient (Wildman–Crippen LogP) is 4.77. The van der Waals surface area contributed by atoms with E-state index in [1.54, 1.807) is 0 Å². The van der Waals surface area contributed by atoms with Gasteiger partial charge in [0.25, 0.3) is 0 Å². The van der Waals surface area contributed by atoms with Crippen molar-refractivity contribution in [1.29, 1.82) is 0 Å². The Morgan fingerprint density at radius 2 is 1.32 bits per heavy atom. The van der Waals surface area contributed by atoms with Gasteiger partial charge in [-0.1, -0.05) is 63.9 Å². The summed E-state index contributed by atoms with van der Waals surface area (Å²) in [5, 5.41) is 0. The van der Waals surface area contributed by atoms with Gasteiger partial charge in [-0.2, -0.15) is 0 Å². The molecule has 3 nitrogen and oxygen atoms in total. The van der Waals surface area contributed by atoms with Gasteiger partial charge in [-0.3, -0.25) is 0 Å². The summed E-state index contributed by atoms with van der Waals surface area (Å²) in [6.45, 7) is 8.60. The van der Waals surface area contributed by atoms with Crippen LogP contribution < -0.4 is 0 Å². The lowest BCUT2D eigenvalue weighted by molar-refractivity contribution is 0.0570. The third-order valence-electron chi connectivity index (χ3n) is 3.39. The number of hydrogen-bond donors (Lipinski definition) is 0. The van der Waals surface area contributed by atoms with E-state index in [0.29, 0.717) is 13.2 Å². The molecular formula is C18H32O3Si. The molecule has 0 atom stereocenters. The largest absolute Gasteiger partial charge is 0.505 e. The van der Waals surface area contributed by atoms with Crippen molar-refractivity contribution in [2.75, 3.05) is 19.8 Å². The summed E-state index contributed by atoms with van der Waals surface area (Å²) in [5.41, 5.74) is 1.23. The van der Waals surface area contributed by atoms with Gasteiger partial charge in [-0.25, -0.2) is 0 Å². The summed E-state index contributed by atoms with van der Waals surface area (Å²) in [6.07, 6.45) is 5.43. The molecule has 1 aromatic carbocycles. The Morgan fingerprint density at radius 1 is 0.727 bits per heavy atom. The third-order valence-corrected chi connectivity index (χ3v) is 6.16. The van der Waals surface area contributed by atoms with Gasteiger partial charge in [0.2, 0.25) is 0 Å². The third kappa shape index (κ3) is 7.54. The molecule has 0 heterocycles. The first-order chi connectivity index (χ1) is 10.8. The Balaban J connectivity index is 2.76. The summed E-state index contributed by atoms with van der Waals surface area (Å²) >= 11 is 0. The van der Waals surface area contributed by atoms with E-state index in [2.05, 4.69) is 45.0 Å². The number of rotatable bonds is 13. The molecule has 0 aliphatic heterocycles. The SMILES string of the molecule is CCCCCO[Si](Cc1ccccc1)(OCCC)OCCC. The molecule has 0 spiro atoms. The highest BCUT2D eigenvalue weighted by molar-refractivity contribution is 6.60. The van der Waals surface area contributed by atoms with Crippen LogP contribution in [0.25, 0.3) is 0 Å². The molecule has 1 rings (SSSR count). The van der Waals surface area contributed by atoms with Crippen LogP contribution in [-0.2, 0) is 19.3 Å². The highest BCUT2D eigenvalue weighted by Gasteiger charge is 2.41. The quantitative estimate of drug-likeness (QED) is 0.386. The Hall–Kier alpha value is -0.683. The summed E-state index contributed by atoms with van der Waals surface area (Å²) in [5.74, 6) is 0. The van der Waals surface area contributed by atoms with E-state index < -0.39 is 8.80 Å².